The van der Waals surface area contributed by atoms with Crippen molar-refractivity contribution < 1.29 is 9.59 Å². The van der Waals surface area contributed by atoms with Gasteiger partial charge >= 0.3 is 0 Å². The Morgan fingerprint density at radius 3 is 2.00 bits per heavy atom. The van der Waals surface area contributed by atoms with Crippen molar-refractivity contribution in [1.29, 1.82) is 0 Å². The highest BCUT2D eigenvalue weighted by atomic mass is 35.5. The van der Waals surface area contributed by atoms with Gasteiger partial charge in [-0.15, -0.1) is 24.8 Å². The Morgan fingerprint density at radius 1 is 1.00 bits per heavy atom. The summed E-state index contributed by atoms with van der Waals surface area (Å²) in [5, 5.41) is 0. The van der Waals surface area contributed by atoms with Gasteiger partial charge in [0, 0.05) is 51.7 Å². The van der Waals surface area contributed by atoms with Gasteiger partial charge in [0.05, 0.1) is 6.54 Å². The summed E-state index contributed by atoms with van der Waals surface area (Å²) >= 11 is 0. The molecule has 3 atom stereocenters. The summed E-state index contributed by atoms with van der Waals surface area (Å²) in [6.07, 6.45) is 1.21. The standard InChI is InChI=1S/C17H32N4O2.2ClH/c1-13-8-14(2)11-21(10-13)16(22)12-19-4-6-20(7-5-19)17(23)15(3)9-18;;/h13-15H,4-12,18H2,1-3H3;2*1H. The van der Waals surface area contributed by atoms with Crippen molar-refractivity contribution in [1.82, 2.24) is 14.7 Å². The van der Waals surface area contributed by atoms with Crippen molar-refractivity contribution in [3.8, 4) is 0 Å². The quantitative estimate of drug-likeness (QED) is 0.771. The van der Waals surface area contributed by atoms with Crippen LogP contribution in [-0.4, -0.2) is 78.9 Å². The van der Waals surface area contributed by atoms with Gasteiger partial charge in [-0.3, -0.25) is 14.5 Å². The zero-order chi connectivity index (χ0) is 17.0. The molecule has 0 radical (unpaired) electrons. The average Bonchev–Trinajstić information content (AvgIpc) is 2.53. The van der Waals surface area contributed by atoms with Gasteiger partial charge in [0.15, 0.2) is 0 Å². The summed E-state index contributed by atoms with van der Waals surface area (Å²) in [4.78, 5) is 30.7. The minimum Gasteiger partial charge on any atom is -0.341 e. The number of likely N-dealkylation sites (tertiary alicyclic amines) is 1. The monoisotopic (exact) mass is 396 g/mol. The van der Waals surface area contributed by atoms with E-state index in [1.54, 1.807) is 0 Å². The van der Waals surface area contributed by atoms with E-state index in [0.717, 1.165) is 26.2 Å². The van der Waals surface area contributed by atoms with E-state index in [-0.39, 0.29) is 42.5 Å². The van der Waals surface area contributed by atoms with Crippen LogP contribution in [0.15, 0.2) is 0 Å². The van der Waals surface area contributed by atoms with Crippen LogP contribution in [0, 0.1) is 17.8 Å². The lowest BCUT2D eigenvalue weighted by Gasteiger charge is -2.38. The van der Waals surface area contributed by atoms with E-state index in [9.17, 15) is 9.59 Å². The second-order valence-electron chi connectivity index (χ2n) is 7.48. The smallest absolute Gasteiger partial charge is 0.236 e. The molecule has 0 aromatic rings. The maximum atomic E-state index is 12.5. The third kappa shape index (κ3) is 6.93. The number of amides is 2. The number of hydrogen-bond donors (Lipinski definition) is 1. The normalized spacial score (nSPS) is 25.6. The third-order valence-electron chi connectivity index (χ3n) is 5.04. The van der Waals surface area contributed by atoms with Crippen LogP contribution in [0.2, 0.25) is 0 Å². The molecule has 0 aromatic heterocycles. The van der Waals surface area contributed by atoms with Gasteiger partial charge in [0.2, 0.25) is 11.8 Å². The number of carbonyl (C=O) groups is 2. The lowest BCUT2D eigenvalue weighted by atomic mass is 9.92. The summed E-state index contributed by atoms with van der Waals surface area (Å²) in [6.45, 7) is 11.9. The van der Waals surface area contributed by atoms with Crippen molar-refractivity contribution in [2.24, 2.45) is 23.5 Å². The molecule has 2 heterocycles. The van der Waals surface area contributed by atoms with E-state index >= 15 is 0 Å². The van der Waals surface area contributed by atoms with Crippen LogP contribution in [0.4, 0.5) is 0 Å². The van der Waals surface area contributed by atoms with Gasteiger partial charge in [0.1, 0.15) is 0 Å². The fraction of sp³-hybridized carbons (Fsp3) is 0.882. The zero-order valence-corrected chi connectivity index (χ0v) is 17.3. The second-order valence-corrected chi connectivity index (χ2v) is 7.48. The molecule has 0 saturated carbocycles. The summed E-state index contributed by atoms with van der Waals surface area (Å²) in [5.74, 6) is 1.44. The first kappa shape index (κ1) is 24.4. The van der Waals surface area contributed by atoms with Crippen molar-refractivity contribution in [2.75, 3.05) is 52.4 Å². The van der Waals surface area contributed by atoms with Gasteiger partial charge in [-0.05, 0) is 18.3 Å². The van der Waals surface area contributed by atoms with Gasteiger partial charge in [-0.25, -0.2) is 0 Å². The first-order chi connectivity index (χ1) is 10.9. The largest absolute Gasteiger partial charge is 0.341 e. The average molecular weight is 397 g/mol. The molecule has 2 aliphatic rings. The maximum absolute atomic E-state index is 12.5. The molecule has 2 fully saturated rings. The van der Waals surface area contributed by atoms with Crippen molar-refractivity contribution >= 4 is 36.6 Å². The molecule has 6 nitrogen and oxygen atoms in total. The Balaban J connectivity index is 0.00000288. The Kier molecular flexibility index (Phi) is 11.0. The van der Waals surface area contributed by atoms with Gasteiger partial charge in [-0.1, -0.05) is 20.8 Å². The van der Waals surface area contributed by atoms with E-state index in [4.69, 9.17) is 5.73 Å². The van der Waals surface area contributed by atoms with Crippen molar-refractivity contribution in [3.05, 3.63) is 0 Å². The molecule has 2 amide bonds. The zero-order valence-electron chi connectivity index (χ0n) is 15.6. The van der Waals surface area contributed by atoms with Crippen molar-refractivity contribution in [2.45, 2.75) is 27.2 Å². The van der Waals surface area contributed by atoms with Crippen LogP contribution >= 0.6 is 24.8 Å². The van der Waals surface area contributed by atoms with E-state index in [1.807, 2.05) is 16.7 Å². The summed E-state index contributed by atoms with van der Waals surface area (Å²) < 4.78 is 0. The highest BCUT2D eigenvalue weighted by molar-refractivity contribution is 5.85. The van der Waals surface area contributed by atoms with E-state index in [1.165, 1.54) is 6.42 Å². The van der Waals surface area contributed by atoms with Crippen LogP contribution in [0.3, 0.4) is 0 Å². The highest BCUT2D eigenvalue weighted by Gasteiger charge is 2.29. The summed E-state index contributed by atoms with van der Waals surface area (Å²) in [7, 11) is 0. The summed E-state index contributed by atoms with van der Waals surface area (Å²) in [6, 6.07) is 0. The van der Waals surface area contributed by atoms with E-state index in [2.05, 4.69) is 18.7 Å². The predicted molar refractivity (Wildman–Crippen MR) is 105 cm³/mol. The molecule has 2 N–H and O–H groups in total. The molecule has 0 aliphatic carbocycles. The lowest BCUT2D eigenvalue weighted by Crippen LogP contribution is -2.54. The molecule has 0 aromatic carbocycles. The van der Waals surface area contributed by atoms with E-state index in [0.29, 0.717) is 38.0 Å². The predicted octanol–water partition coefficient (Wildman–Crippen LogP) is 1.07. The van der Waals surface area contributed by atoms with Gasteiger partial charge in [0.25, 0.3) is 0 Å². The second kappa shape index (κ2) is 11.2. The first-order valence-electron chi connectivity index (χ1n) is 8.89. The fourth-order valence-electron chi connectivity index (χ4n) is 3.70. The van der Waals surface area contributed by atoms with Crippen molar-refractivity contribution in [3.63, 3.8) is 0 Å². The number of rotatable bonds is 4. The Morgan fingerprint density at radius 2 is 1.52 bits per heavy atom. The number of halogens is 2. The van der Waals surface area contributed by atoms with Crippen LogP contribution in [0.1, 0.15) is 27.2 Å². The topological polar surface area (TPSA) is 69.9 Å². The molecule has 0 spiro atoms. The van der Waals surface area contributed by atoms with Gasteiger partial charge < -0.3 is 15.5 Å². The molecular formula is C17H34Cl2N4O2. The molecule has 25 heavy (non-hydrogen) atoms. The van der Waals surface area contributed by atoms with Crippen LogP contribution < -0.4 is 5.73 Å². The first-order valence-corrected chi connectivity index (χ1v) is 8.89. The maximum Gasteiger partial charge on any atom is 0.236 e. The SMILES string of the molecule is CC1CC(C)CN(C(=O)CN2CCN(C(=O)C(C)CN)CC2)C1.Cl.Cl. The highest BCUT2D eigenvalue weighted by Crippen LogP contribution is 2.21. The van der Waals surface area contributed by atoms with E-state index < -0.39 is 0 Å². The van der Waals surface area contributed by atoms with Crippen LogP contribution in [0.25, 0.3) is 0 Å². The summed E-state index contributed by atoms with van der Waals surface area (Å²) in [5.41, 5.74) is 5.57. The fourth-order valence-corrected chi connectivity index (χ4v) is 3.70. The molecule has 148 valence electrons. The minimum absolute atomic E-state index is 0. The minimum atomic E-state index is -0.112. The Labute approximate surface area is 164 Å². The molecule has 2 rings (SSSR count). The Bertz CT molecular complexity index is 421. The molecular weight excluding hydrogens is 363 g/mol. The number of piperidine rings is 1. The van der Waals surface area contributed by atoms with Gasteiger partial charge in [-0.2, -0.15) is 0 Å². The molecule has 2 saturated heterocycles. The number of nitrogens with two attached hydrogens (primary N) is 1. The molecule has 2 aliphatic heterocycles. The van der Waals surface area contributed by atoms with Crippen LogP contribution in [-0.2, 0) is 9.59 Å². The number of carbonyl (C=O) groups excluding carboxylic acids is 2. The Hall–Kier alpha value is -0.560. The molecule has 8 heteroatoms. The lowest BCUT2D eigenvalue weighted by molar-refractivity contribution is -0.138. The number of hydrogen-bond acceptors (Lipinski definition) is 4. The third-order valence-corrected chi connectivity index (χ3v) is 5.04. The number of piperazine rings is 1. The van der Waals surface area contributed by atoms with Crippen LogP contribution in [0.5, 0.6) is 0 Å². The molecule has 3 unspecified atom stereocenters. The number of nitrogens with zero attached hydrogens (tertiary/aromatic N) is 3. The molecule has 0 bridgehead atoms.